The van der Waals surface area contributed by atoms with Crippen LogP contribution in [0.3, 0.4) is 0 Å². The molecule has 3 aromatic rings. The van der Waals surface area contributed by atoms with E-state index in [2.05, 4.69) is 5.32 Å². The van der Waals surface area contributed by atoms with E-state index < -0.39 is 5.97 Å². The summed E-state index contributed by atoms with van der Waals surface area (Å²) < 4.78 is 24.9. The average Bonchev–Trinajstić information content (AvgIpc) is 2.74. The highest BCUT2D eigenvalue weighted by Gasteiger charge is 2.12. The molecule has 2 N–H and O–H groups in total. The van der Waals surface area contributed by atoms with E-state index in [1.54, 1.807) is 54.6 Å². The molecule has 0 saturated heterocycles. The first-order valence-electron chi connectivity index (χ1n) is 9.23. The van der Waals surface area contributed by atoms with E-state index in [1.165, 1.54) is 13.2 Å². The van der Waals surface area contributed by atoms with Crippen LogP contribution in [0.25, 0.3) is 0 Å². The van der Waals surface area contributed by atoms with Crippen LogP contribution in [0.1, 0.15) is 27.0 Å². The summed E-state index contributed by atoms with van der Waals surface area (Å²) in [4.78, 5) is 10.9. The van der Waals surface area contributed by atoms with Crippen molar-refractivity contribution in [1.82, 2.24) is 5.32 Å². The van der Waals surface area contributed by atoms with E-state index in [0.29, 0.717) is 35.2 Å². The van der Waals surface area contributed by atoms with E-state index in [1.807, 2.05) is 0 Å². The maximum absolute atomic E-state index is 13.8. The number of methoxy groups -OCH3 is 1. The number of aromatic carboxylic acids is 1. The van der Waals surface area contributed by atoms with Crippen molar-refractivity contribution >= 4 is 17.6 Å². The topological polar surface area (TPSA) is 67.8 Å². The molecule has 0 aliphatic rings. The van der Waals surface area contributed by atoms with Gasteiger partial charge in [0, 0.05) is 29.7 Å². The van der Waals surface area contributed by atoms with E-state index >= 15 is 0 Å². The Bertz CT molecular complexity index is 1020. The molecule has 0 atom stereocenters. The molecule has 5 nitrogen and oxygen atoms in total. The second kappa shape index (κ2) is 10.1. The maximum atomic E-state index is 13.8. The molecule has 0 heterocycles. The molecule has 0 radical (unpaired) electrons. The second-order valence-electron chi connectivity index (χ2n) is 6.58. The zero-order valence-electron chi connectivity index (χ0n) is 16.3. The number of carbonyl (C=O) groups is 1. The van der Waals surface area contributed by atoms with Gasteiger partial charge in [-0.15, -0.1) is 0 Å². The Labute approximate surface area is 179 Å². The lowest BCUT2D eigenvalue weighted by molar-refractivity contribution is 0.0697. The van der Waals surface area contributed by atoms with Crippen molar-refractivity contribution in [2.75, 3.05) is 7.11 Å². The Morgan fingerprint density at radius 3 is 2.43 bits per heavy atom. The van der Waals surface area contributed by atoms with Gasteiger partial charge in [0.15, 0.2) is 11.5 Å². The first-order chi connectivity index (χ1) is 14.5. The molecule has 0 saturated carbocycles. The third-order valence-corrected chi connectivity index (χ3v) is 4.87. The van der Waals surface area contributed by atoms with Crippen LogP contribution >= 0.6 is 11.6 Å². The van der Waals surface area contributed by atoms with E-state index in [9.17, 15) is 9.18 Å². The van der Waals surface area contributed by atoms with Gasteiger partial charge in [0.25, 0.3) is 0 Å². The van der Waals surface area contributed by atoms with Gasteiger partial charge in [0.2, 0.25) is 0 Å². The molecule has 0 aromatic heterocycles. The fraction of sp³-hybridized carbons (Fsp3) is 0.174. The summed E-state index contributed by atoms with van der Waals surface area (Å²) >= 11 is 6.39. The van der Waals surface area contributed by atoms with Gasteiger partial charge in [0.05, 0.1) is 12.7 Å². The minimum absolute atomic E-state index is 0.0588. The summed E-state index contributed by atoms with van der Waals surface area (Å²) in [7, 11) is 1.53. The second-order valence-corrected chi connectivity index (χ2v) is 6.99. The molecule has 0 amide bonds. The SMILES string of the molecule is COc1cc(CNCc2ccc(C(=O)O)cc2)c(Cl)cc1OCc1ccccc1F. The van der Waals surface area contributed by atoms with E-state index in [0.717, 1.165) is 11.1 Å². The first kappa shape index (κ1) is 21.6. The predicted octanol–water partition coefficient (Wildman–Crippen LogP) is 5.05. The van der Waals surface area contributed by atoms with Crippen LogP contribution in [-0.4, -0.2) is 18.2 Å². The van der Waals surface area contributed by atoms with Gasteiger partial charge >= 0.3 is 5.97 Å². The summed E-state index contributed by atoms with van der Waals surface area (Å²) in [6.07, 6.45) is 0. The first-order valence-corrected chi connectivity index (χ1v) is 9.61. The zero-order valence-corrected chi connectivity index (χ0v) is 17.1. The molecule has 3 rings (SSSR count). The van der Waals surface area contributed by atoms with E-state index in [-0.39, 0.29) is 18.0 Å². The van der Waals surface area contributed by atoms with Crippen LogP contribution in [0.4, 0.5) is 4.39 Å². The fourth-order valence-corrected chi connectivity index (χ4v) is 3.08. The number of hydrogen-bond acceptors (Lipinski definition) is 4. The average molecular weight is 430 g/mol. The standard InChI is InChI=1S/C23H21ClFNO4/c1-29-21-10-18(13-26-12-15-6-8-16(9-7-15)23(27)28)19(24)11-22(21)30-14-17-4-2-3-5-20(17)25/h2-11,26H,12-14H2,1H3,(H,27,28). The number of benzene rings is 3. The van der Waals surface area contributed by atoms with Crippen molar-refractivity contribution in [3.63, 3.8) is 0 Å². The number of halogens is 2. The predicted molar refractivity (Wildman–Crippen MR) is 113 cm³/mol. The number of ether oxygens (including phenoxy) is 2. The van der Waals surface area contributed by atoms with Crippen molar-refractivity contribution < 1.29 is 23.8 Å². The summed E-state index contributed by atoms with van der Waals surface area (Å²) in [5.41, 5.74) is 2.45. The lowest BCUT2D eigenvalue weighted by Crippen LogP contribution is -2.13. The van der Waals surface area contributed by atoms with Crippen molar-refractivity contribution in [2.24, 2.45) is 0 Å². The minimum atomic E-state index is -0.953. The summed E-state index contributed by atoms with van der Waals surface area (Å²) in [6, 6.07) is 16.5. The maximum Gasteiger partial charge on any atom is 0.335 e. The molecule has 0 spiro atoms. The Balaban J connectivity index is 1.63. The molecule has 3 aromatic carbocycles. The molecule has 0 bridgehead atoms. The van der Waals surface area contributed by atoms with Gasteiger partial charge in [-0.3, -0.25) is 0 Å². The van der Waals surface area contributed by atoms with Gasteiger partial charge < -0.3 is 19.9 Å². The highest BCUT2D eigenvalue weighted by atomic mass is 35.5. The van der Waals surface area contributed by atoms with Crippen molar-refractivity contribution in [2.45, 2.75) is 19.7 Å². The highest BCUT2D eigenvalue weighted by Crippen LogP contribution is 2.34. The smallest absolute Gasteiger partial charge is 0.335 e. The molecule has 156 valence electrons. The van der Waals surface area contributed by atoms with Gasteiger partial charge in [-0.1, -0.05) is 41.9 Å². The van der Waals surface area contributed by atoms with Crippen molar-refractivity contribution in [1.29, 1.82) is 0 Å². The Morgan fingerprint density at radius 2 is 1.77 bits per heavy atom. The number of hydrogen-bond donors (Lipinski definition) is 2. The fourth-order valence-electron chi connectivity index (χ4n) is 2.86. The summed E-state index contributed by atoms with van der Waals surface area (Å²) in [6.45, 7) is 1.08. The summed E-state index contributed by atoms with van der Waals surface area (Å²) in [5.74, 6) is -0.359. The number of rotatable bonds is 9. The molecular weight excluding hydrogens is 409 g/mol. The van der Waals surface area contributed by atoms with Crippen LogP contribution in [0.15, 0.2) is 60.7 Å². The molecule has 7 heteroatoms. The van der Waals surface area contributed by atoms with Crippen LogP contribution in [0, 0.1) is 5.82 Å². The molecular formula is C23H21ClFNO4. The lowest BCUT2D eigenvalue weighted by Gasteiger charge is -2.15. The van der Waals surface area contributed by atoms with Crippen LogP contribution in [-0.2, 0) is 19.7 Å². The normalized spacial score (nSPS) is 10.6. The molecule has 30 heavy (non-hydrogen) atoms. The third-order valence-electron chi connectivity index (χ3n) is 4.52. The van der Waals surface area contributed by atoms with Gasteiger partial charge in [-0.2, -0.15) is 0 Å². The molecule has 0 aliphatic carbocycles. The molecule has 0 fully saturated rings. The zero-order chi connectivity index (χ0) is 21.5. The number of nitrogens with one attached hydrogen (secondary N) is 1. The quantitative estimate of drug-likeness (QED) is 0.498. The van der Waals surface area contributed by atoms with Crippen molar-refractivity contribution in [3.05, 3.63) is 93.8 Å². The largest absolute Gasteiger partial charge is 0.493 e. The Hall–Kier alpha value is -3.09. The lowest BCUT2D eigenvalue weighted by atomic mass is 10.1. The van der Waals surface area contributed by atoms with Crippen LogP contribution in [0.5, 0.6) is 11.5 Å². The molecule has 0 aliphatic heterocycles. The van der Waals surface area contributed by atoms with Gasteiger partial charge in [-0.25, -0.2) is 9.18 Å². The Morgan fingerprint density at radius 1 is 1.03 bits per heavy atom. The van der Waals surface area contributed by atoms with Gasteiger partial charge in [-0.05, 0) is 35.4 Å². The monoisotopic (exact) mass is 429 g/mol. The van der Waals surface area contributed by atoms with Crippen LogP contribution in [0.2, 0.25) is 5.02 Å². The number of carboxylic acid groups (broad SMARTS) is 1. The highest BCUT2D eigenvalue weighted by molar-refractivity contribution is 6.31. The molecule has 0 unspecified atom stereocenters. The summed E-state index contributed by atoms with van der Waals surface area (Å²) in [5, 5.41) is 12.7. The van der Waals surface area contributed by atoms with E-state index in [4.69, 9.17) is 26.2 Å². The van der Waals surface area contributed by atoms with Gasteiger partial charge in [0.1, 0.15) is 12.4 Å². The Kier molecular flexibility index (Phi) is 7.27. The minimum Gasteiger partial charge on any atom is -0.493 e. The van der Waals surface area contributed by atoms with Crippen molar-refractivity contribution in [3.8, 4) is 11.5 Å². The third kappa shape index (κ3) is 5.49. The van der Waals surface area contributed by atoms with Crippen LogP contribution < -0.4 is 14.8 Å². The number of carboxylic acids is 1.